The molecule has 0 radical (unpaired) electrons. The fourth-order valence-corrected chi connectivity index (χ4v) is 4.87. The molecule has 14 heteroatoms. The van der Waals surface area contributed by atoms with Crippen molar-refractivity contribution in [1.82, 2.24) is 4.72 Å². The van der Waals surface area contributed by atoms with Gasteiger partial charge in [0, 0.05) is 12.1 Å². The molecule has 38 heavy (non-hydrogen) atoms. The highest BCUT2D eigenvalue weighted by atomic mass is 32.2. The molecule has 0 saturated heterocycles. The van der Waals surface area contributed by atoms with Crippen molar-refractivity contribution >= 4 is 21.5 Å². The SMILES string of the molecule is C=S(=O)(NC1=CC(C(F)(F)F)CC=C1CC1=CC=C=C=C1C(=O)O)c1cc(C(F)(F)F)cc(C(F)(F)F)c1. The van der Waals surface area contributed by atoms with Gasteiger partial charge in [0.1, 0.15) is 5.57 Å². The average molecular weight is 569 g/mol. The number of hydrogen-bond donors (Lipinski definition) is 2. The molecule has 1 aromatic carbocycles. The second-order valence-electron chi connectivity index (χ2n) is 8.20. The zero-order valence-corrected chi connectivity index (χ0v) is 19.6. The molecule has 0 bridgehead atoms. The summed E-state index contributed by atoms with van der Waals surface area (Å²) in [6, 6.07) is 0.131. The number of rotatable bonds is 6. The highest BCUT2D eigenvalue weighted by Crippen LogP contribution is 2.39. The topological polar surface area (TPSA) is 66.4 Å². The van der Waals surface area contributed by atoms with Crippen molar-refractivity contribution < 1.29 is 53.6 Å². The Balaban J connectivity index is 2.07. The Hall–Kier alpha value is -3.60. The maximum absolute atomic E-state index is 13.4. The zero-order valence-electron chi connectivity index (χ0n) is 18.8. The molecule has 0 heterocycles. The van der Waals surface area contributed by atoms with E-state index in [1.54, 1.807) is 0 Å². The molecule has 4 nitrogen and oxygen atoms in total. The number of carbonyl (C=O) groups is 1. The summed E-state index contributed by atoms with van der Waals surface area (Å²) < 4.78 is 135. The van der Waals surface area contributed by atoms with Crippen LogP contribution in [0.25, 0.3) is 0 Å². The number of carboxylic acids is 1. The Kier molecular flexibility index (Phi) is 7.57. The van der Waals surface area contributed by atoms with Gasteiger partial charge < -0.3 is 9.83 Å². The van der Waals surface area contributed by atoms with Gasteiger partial charge in [0.25, 0.3) is 0 Å². The van der Waals surface area contributed by atoms with Crippen LogP contribution in [0.3, 0.4) is 0 Å². The van der Waals surface area contributed by atoms with Crippen molar-refractivity contribution in [2.24, 2.45) is 5.92 Å². The number of carboxylic acid groups (broad SMARTS) is 1. The summed E-state index contributed by atoms with van der Waals surface area (Å²) in [5.41, 5.74) is 0.297. The van der Waals surface area contributed by atoms with E-state index in [1.165, 1.54) is 12.2 Å². The normalized spacial score (nSPS) is 19.7. The van der Waals surface area contributed by atoms with Crippen LogP contribution in [-0.2, 0) is 26.9 Å². The van der Waals surface area contributed by atoms with Crippen molar-refractivity contribution in [3.05, 3.63) is 87.5 Å². The summed E-state index contributed by atoms with van der Waals surface area (Å²) in [6.45, 7) is 0. The smallest absolute Gasteiger partial charge is 0.416 e. The lowest BCUT2D eigenvalue weighted by molar-refractivity contribution is -0.160. The molecule has 1 aromatic rings. The van der Waals surface area contributed by atoms with E-state index in [9.17, 15) is 53.6 Å². The molecule has 2 aliphatic rings. The summed E-state index contributed by atoms with van der Waals surface area (Å²) in [6.07, 6.45) is -12.1. The Morgan fingerprint density at radius 3 is 2.11 bits per heavy atom. The van der Waals surface area contributed by atoms with E-state index >= 15 is 0 Å². The summed E-state index contributed by atoms with van der Waals surface area (Å²) in [7, 11) is -4.30. The predicted octanol–water partition coefficient (Wildman–Crippen LogP) is 6.35. The third-order valence-electron chi connectivity index (χ3n) is 5.45. The molecule has 0 spiro atoms. The van der Waals surface area contributed by atoms with Crippen molar-refractivity contribution in [1.29, 1.82) is 0 Å². The van der Waals surface area contributed by atoms with Gasteiger partial charge in [0.2, 0.25) is 0 Å². The maximum Gasteiger partial charge on any atom is 0.416 e. The van der Waals surface area contributed by atoms with Gasteiger partial charge in [-0.2, -0.15) is 39.5 Å². The average Bonchev–Trinajstić information content (AvgIpc) is 2.78. The number of alkyl halides is 9. The number of allylic oxidation sites excluding steroid dienone is 5. The highest BCUT2D eigenvalue weighted by molar-refractivity contribution is 7.98. The van der Waals surface area contributed by atoms with Crippen LogP contribution in [0.15, 0.2) is 81.3 Å². The van der Waals surface area contributed by atoms with E-state index in [2.05, 4.69) is 22.1 Å². The first kappa shape index (κ1) is 29.0. The first-order valence-electron chi connectivity index (χ1n) is 10.4. The molecule has 0 saturated carbocycles. The molecular weight excluding hydrogens is 553 g/mol. The fraction of sp³-hybridized carbons (Fsp3) is 0.250. The van der Waals surface area contributed by atoms with E-state index in [0.717, 1.165) is 6.08 Å². The summed E-state index contributed by atoms with van der Waals surface area (Å²) in [5.74, 6) is -0.377. The monoisotopic (exact) mass is 569 g/mol. The van der Waals surface area contributed by atoms with Gasteiger partial charge in [-0.25, -0.2) is 9.00 Å². The molecule has 2 N–H and O–H groups in total. The Morgan fingerprint density at radius 1 is 1.03 bits per heavy atom. The quantitative estimate of drug-likeness (QED) is 0.239. The lowest BCUT2D eigenvalue weighted by atomic mass is 9.88. The lowest BCUT2D eigenvalue weighted by Crippen LogP contribution is -2.30. The second-order valence-corrected chi connectivity index (χ2v) is 10.2. The summed E-state index contributed by atoms with van der Waals surface area (Å²) >= 11 is 0. The maximum atomic E-state index is 13.4. The third-order valence-corrected chi connectivity index (χ3v) is 7.00. The van der Waals surface area contributed by atoms with Crippen molar-refractivity contribution in [3.8, 4) is 0 Å². The van der Waals surface area contributed by atoms with Gasteiger partial charge in [0.15, 0.2) is 0 Å². The van der Waals surface area contributed by atoms with Crippen LogP contribution in [0, 0.1) is 5.92 Å². The Labute approximate surface area is 210 Å². The van der Waals surface area contributed by atoms with Gasteiger partial charge in [-0.3, -0.25) is 0 Å². The Bertz CT molecular complexity index is 1430. The van der Waals surface area contributed by atoms with Crippen molar-refractivity contribution in [3.63, 3.8) is 0 Å². The lowest BCUT2D eigenvalue weighted by Gasteiger charge is -2.27. The van der Waals surface area contributed by atoms with Crippen molar-refractivity contribution in [2.45, 2.75) is 36.3 Å². The third kappa shape index (κ3) is 6.63. The van der Waals surface area contributed by atoms with Crippen LogP contribution in [0.1, 0.15) is 24.0 Å². The van der Waals surface area contributed by atoms with Crippen LogP contribution in [0.5, 0.6) is 0 Å². The molecule has 2 aliphatic carbocycles. The van der Waals surface area contributed by atoms with Gasteiger partial charge in [-0.05, 0) is 59.9 Å². The van der Waals surface area contributed by atoms with E-state index in [4.69, 9.17) is 0 Å². The standard InChI is InChI=1S/C24H16F9NO3S/c1-38(37,18-10-16(23(28,29)30)9-17(11-18)24(31,32)33)34-20-12-15(22(25,26)27)7-6-14(20)8-13-4-2-3-5-19(13)21(35)36/h2,4,6,9-12,15H,1,7-8H2,(H,34,37)(H,35,36). The first-order chi connectivity index (χ1) is 17.3. The van der Waals surface area contributed by atoms with Gasteiger partial charge in [0.05, 0.1) is 31.6 Å². The number of aliphatic carboxylic acids is 1. The largest absolute Gasteiger partial charge is 0.477 e. The fourth-order valence-electron chi connectivity index (χ4n) is 3.57. The van der Waals surface area contributed by atoms with E-state index < -0.39 is 68.3 Å². The van der Waals surface area contributed by atoms with Crippen LogP contribution in [-0.4, -0.2) is 27.3 Å². The minimum Gasteiger partial charge on any atom is -0.477 e. The molecule has 0 amide bonds. The molecular formula is C24H16F9NO3S. The minimum atomic E-state index is -5.27. The number of halogens is 9. The van der Waals surface area contributed by atoms with E-state index in [-0.39, 0.29) is 41.3 Å². The van der Waals surface area contributed by atoms with Gasteiger partial charge >= 0.3 is 24.5 Å². The zero-order chi connectivity index (χ0) is 28.7. The summed E-state index contributed by atoms with van der Waals surface area (Å²) in [4.78, 5) is 10.4. The molecule has 2 unspecified atom stereocenters. The van der Waals surface area contributed by atoms with Crippen LogP contribution >= 0.6 is 0 Å². The predicted molar refractivity (Wildman–Crippen MR) is 119 cm³/mol. The van der Waals surface area contributed by atoms with E-state index in [0.29, 0.717) is 6.08 Å². The van der Waals surface area contributed by atoms with Crippen LogP contribution in [0.4, 0.5) is 39.5 Å². The van der Waals surface area contributed by atoms with E-state index in [1.807, 2.05) is 0 Å². The summed E-state index contributed by atoms with van der Waals surface area (Å²) in [5, 5.41) is 9.34. The molecule has 0 aliphatic heterocycles. The number of nitrogens with one attached hydrogen (secondary N) is 1. The van der Waals surface area contributed by atoms with Crippen LogP contribution < -0.4 is 4.72 Å². The molecule has 3 rings (SSSR count). The second kappa shape index (κ2) is 9.94. The minimum absolute atomic E-state index is 0.0352. The highest BCUT2D eigenvalue weighted by Gasteiger charge is 2.40. The van der Waals surface area contributed by atoms with Crippen molar-refractivity contribution in [2.75, 3.05) is 0 Å². The van der Waals surface area contributed by atoms with Gasteiger partial charge in [-0.1, -0.05) is 17.5 Å². The molecule has 2 atom stereocenters. The van der Waals surface area contributed by atoms with Crippen LogP contribution in [0.2, 0.25) is 0 Å². The Morgan fingerprint density at radius 2 is 1.61 bits per heavy atom. The first-order valence-corrected chi connectivity index (χ1v) is 12.1. The number of hydrogen-bond acceptors (Lipinski definition) is 2. The molecule has 0 aromatic heterocycles. The molecule has 204 valence electrons. The van der Waals surface area contributed by atoms with Gasteiger partial charge in [-0.15, -0.1) is 0 Å². The number of benzene rings is 1. The molecule has 0 fully saturated rings.